The molecule has 84 valence electrons. The standard InChI is InChI=1S/C12H19FN2/c1-8(2)7-15-9(3)10-4-5-12(14)11(13)6-10/h4-6,8-9,15H,7,14H2,1-3H3/t9-/m1/s1. The first-order valence-corrected chi connectivity index (χ1v) is 5.29. The van der Waals surface area contributed by atoms with Crippen LogP contribution in [0.25, 0.3) is 0 Å². The minimum Gasteiger partial charge on any atom is -0.396 e. The number of halogens is 1. The van der Waals surface area contributed by atoms with Crippen molar-refractivity contribution in [2.45, 2.75) is 26.8 Å². The molecule has 0 unspecified atom stereocenters. The first-order valence-electron chi connectivity index (χ1n) is 5.29. The maximum atomic E-state index is 13.2. The Morgan fingerprint density at radius 1 is 1.33 bits per heavy atom. The molecule has 1 rings (SSSR count). The Kier molecular flexibility index (Phi) is 4.09. The van der Waals surface area contributed by atoms with E-state index in [1.54, 1.807) is 6.07 Å². The molecule has 3 heteroatoms. The van der Waals surface area contributed by atoms with Gasteiger partial charge in [-0.15, -0.1) is 0 Å². The molecule has 0 bridgehead atoms. The van der Waals surface area contributed by atoms with Crippen molar-refractivity contribution in [3.05, 3.63) is 29.6 Å². The Labute approximate surface area is 90.7 Å². The fourth-order valence-corrected chi connectivity index (χ4v) is 1.34. The first-order chi connectivity index (χ1) is 7.00. The van der Waals surface area contributed by atoms with Crippen LogP contribution in [0.2, 0.25) is 0 Å². The van der Waals surface area contributed by atoms with Crippen molar-refractivity contribution in [1.82, 2.24) is 5.32 Å². The van der Waals surface area contributed by atoms with Gasteiger partial charge in [0.25, 0.3) is 0 Å². The van der Waals surface area contributed by atoms with Gasteiger partial charge in [0.1, 0.15) is 5.82 Å². The molecule has 0 aliphatic heterocycles. The second-order valence-corrected chi connectivity index (χ2v) is 4.30. The zero-order chi connectivity index (χ0) is 11.4. The lowest BCUT2D eigenvalue weighted by Gasteiger charge is -2.16. The molecule has 1 atom stereocenters. The van der Waals surface area contributed by atoms with Gasteiger partial charge < -0.3 is 11.1 Å². The molecule has 2 nitrogen and oxygen atoms in total. The second-order valence-electron chi connectivity index (χ2n) is 4.30. The lowest BCUT2D eigenvalue weighted by atomic mass is 10.1. The number of hydrogen-bond donors (Lipinski definition) is 2. The highest BCUT2D eigenvalue weighted by atomic mass is 19.1. The van der Waals surface area contributed by atoms with Gasteiger partial charge in [-0.25, -0.2) is 4.39 Å². The number of benzene rings is 1. The predicted octanol–water partition coefficient (Wildman–Crippen LogP) is 2.71. The van der Waals surface area contributed by atoms with E-state index in [1.165, 1.54) is 6.07 Å². The molecule has 3 N–H and O–H groups in total. The summed E-state index contributed by atoms with van der Waals surface area (Å²) in [5.41, 5.74) is 6.55. The van der Waals surface area contributed by atoms with Crippen molar-refractivity contribution < 1.29 is 4.39 Å². The van der Waals surface area contributed by atoms with Crippen molar-refractivity contribution in [2.75, 3.05) is 12.3 Å². The summed E-state index contributed by atoms with van der Waals surface area (Å²) in [4.78, 5) is 0. The molecule has 15 heavy (non-hydrogen) atoms. The van der Waals surface area contributed by atoms with E-state index in [0.29, 0.717) is 5.92 Å². The van der Waals surface area contributed by atoms with Crippen LogP contribution in [-0.2, 0) is 0 Å². The smallest absolute Gasteiger partial charge is 0.146 e. The number of nitrogens with one attached hydrogen (secondary N) is 1. The predicted molar refractivity (Wildman–Crippen MR) is 62.1 cm³/mol. The molecule has 0 spiro atoms. The lowest BCUT2D eigenvalue weighted by Crippen LogP contribution is -2.23. The lowest BCUT2D eigenvalue weighted by molar-refractivity contribution is 0.494. The molecular weight excluding hydrogens is 191 g/mol. The molecule has 0 saturated heterocycles. The largest absolute Gasteiger partial charge is 0.396 e. The van der Waals surface area contributed by atoms with Gasteiger partial charge in [0.2, 0.25) is 0 Å². The summed E-state index contributed by atoms with van der Waals surface area (Å²) in [5, 5.41) is 3.34. The van der Waals surface area contributed by atoms with Gasteiger partial charge in [-0.05, 0) is 37.1 Å². The van der Waals surface area contributed by atoms with E-state index in [0.717, 1.165) is 12.1 Å². The topological polar surface area (TPSA) is 38.0 Å². The highest BCUT2D eigenvalue weighted by molar-refractivity contribution is 5.41. The third-order valence-corrected chi connectivity index (χ3v) is 2.36. The molecular formula is C12H19FN2. The minimum absolute atomic E-state index is 0.155. The zero-order valence-electron chi connectivity index (χ0n) is 9.55. The maximum absolute atomic E-state index is 13.2. The molecule has 0 heterocycles. The molecule has 1 aromatic carbocycles. The van der Waals surface area contributed by atoms with E-state index in [1.807, 2.05) is 13.0 Å². The summed E-state index contributed by atoms with van der Waals surface area (Å²) in [7, 11) is 0. The Bertz CT molecular complexity index is 323. The van der Waals surface area contributed by atoms with Crippen LogP contribution in [0.5, 0.6) is 0 Å². The average molecular weight is 210 g/mol. The van der Waals surface area contributed by atoms with Gasteiger partial charge in [0.15, 0.2) is 0 Å². The number of rotatable bonds is 4. The number of nitrogens with two attached hydrogens (primary N) is 1. The van der Waals surface area contributed by atoms with Crippen molar-refractivity contribution in [3.63, 3.8) is 0 Å². The van der Waals surface area contributed by atoms with Crippen LogP contribution in [-0.4, -0.2) is 6.54 Å². The fraction of sp³-hybridized carbons (Fsp3) is 0.500. The van der Waals surface area contributed by atoms with Gasteiger partial charge in [-0.1, -0.05) is 19.9 Å². The summed E-state index contributed by atoms with van der Waals surface area (Å²) in [6, 6.07) is 5.12. The molecule has 0 aromatic heterocycles. The van der Waals surface area contributed by atoms with Gasteiger partial charge in [-0.3, -0.25) is 0 Å². The highest BCUT2D eigenvalue weighted by Gasteiger charge is 2.07. The fourth-order valence-electron chi connectivity index (χ4n) is 1.34. The third kappa shape index (κ3) is 3.51. The molecule has 1 aromatic rings. The SMILES string of the molecule is CC(C)CN[C@H](C)c1ccc(N)c(F)c1. The van der Waals surface area contributed by atoms with E-state index >= 15 is 0 Å². The van der Waals surface area contributed by atoms with E-state index in [9.17, 15) is 4.39 Å². The highest BCUT2D eigenvalue weighted by Crippen LogP contribution is 2.17. The molecule has 0 aliphatic carbocycles. The number of nitrogen functional groups attached to an aromatic ring is 1. The Morgan fingerprint density at radius 2 is 2.00 bits per heavy atom. The van der Waals surface area contributed by atoms with Gasteiger partial charge in [0, 0.05) is 6.04 Å². The summed E-state index contributed by atoms with van der Waals surface area (Å²) < 4.78 is 13.2. The van der Waals surface area contributed by atoms with Crippen molar-refractivity contribution >= 4 is 5.69 Å². The van der Waals surface area contributed by atoms with Gasteiger partial charge in [-0.2, -0.15) is 0 Å². The first kappa shape index (κ1) is 12.0. The number of anilines is 1. The van der Waals surface area contributed by atoms with Gasteiger partial charge >= 0.3 is 0 Å². The van der Waals surface area contributed by atoms with Crippen molar-refractivity contribution in [2.24, 2.45) is 5.92 Å². The quantitative estimate of drug-likeness (QED) is 0.750. The molecule has 0 amide bonds. The van der Waals surface area contributed by atoms with Crippen LogP contribution in [0.1, 0.15) is 32.4 Å². The summed E-state index contributed by atoms with van der Waals surface area (Å²) >= 11 is 0. The third-order valence-electron chi connectivity index (χ3n) is 2.36. The zero-order valence-corrected chi connectivity index (χ0v) is 9.55. The van der Waals surface area contributed by atoms with Crippen LogP contribution in [0, 0.1) is 11.7 Å². The second kappa shape index (κ2) is 5.12. The molecule has 0 fully saturated rings. The van der Waals surface area contributed by atoms with Crippen molar-refractivity contribution in [3.8, 4) is 0 Å². The Balaban J connectivity index is 2.65. The van der Waals surface area contributed by atoms with E-state index in [4.69, 9.17) is 5.73 Å². The Morgan fingerprint density at radius 3 is 2.53 bits per heavy atom. The summed E-state index contributed by atoms with van der Waals surface area (Å²) in [6.07, 6.45) is 0. The molecule has 0 saturated carbocycles. The van der Waals surface area contributed by atoms with Gasteiger partial charge in [0.05, 0.1) is 5.69 Å². The normalized spacial score (nSPS) is 13.1. The minimum atomic E-state index is -0.342. The van der Waals surface area contributed by atoms with Crippen LogP contribution >= 0.6 is 0 Å². The average Bonchev–Trinajstić information content (AvgIpc) is 2.18. The summed E-state index contributed by atoms with van der Waals surface area (Å²) in [5.74, 6) is 0.247. The number of hydrogen-bond acceptors (Lipinski definition) is 2. The van der Waals surface area contributed by atoms with Crippen LogP contribution < -0.4 is 11.1 Å². The monoisotopic (exact) mass is 210 g/mol. The van der Waals surface area contributed by atoms with Crippen molar-refractivity contribution in [1.29, 1.82) is 0 Å². The van der Waals surface area contributed by atoms with Crippen LogP contribution in [0.15, 0.2) is 18.2 Å². The van der Waals surface area contributed by atoms with Crippen LogP contribution in [0.3, 0.4) is 0 Å². The molecule has 0 radical (unpaired) electrons. The van der Waals surface area contributed by atoms with E-state index in [2.05, 4.69) is 19.2 Å². The van der Waals surface area contributed by atoms with E-state index < -0.39 is 0 Å². The molecule has 0 aliphatic rings. The van der Waals surface area contributed by atoms with E-state index in [-0.39, 0.29) is 17.5 Å². The Hall–Kier alpha value is -1.09. The van der Waals surface area contributed by atoms with Crippen LogP contribution in [0.4, 0.5) is 10.1 Å². The maximum Gasteiger partial charge on any atom is 0.146 e. The summed E-state index contributed by atoms with van der Waals surface area (Å²) in [6.45, 7) is 7.23.